The van der Waals surface area contributed by atoms with E-state index in [1.54, 1.807) is 0 Å². The van der Waals surface area contributed by atoms with Crippen molar-refractivity contribution < 1.29 is 33.0 Å². The van der Waals surface area contributed by atoms with Gasteiger partial charge >= 0.3 is 33.0 Å². The van der Waals surface area contributed by atoms with E-state index in [2.05, 4.69) is 0 Å². The predicted molar refractivity (Wildman–Crippen MR) is 4.43 cm³/mol. The van der Waals surface area contributed by atoms with Crippen molar-refractivity contribution in [2.24, 2.45) is 0 Å². The summed E-state index contributed by atoms with van der Waals surface area (Å²) in [4.78, 5) is 0. The summed E-state index contributed by atoms with van der Waals surface area (Å²) in [5.41, 5.74) is 0. The van der Waals surface area contributed by atoms with Crippen LogP contribution in [-0.2, 0) is 22.4 Å². The molecule has 0 saturated carbocycles. The van der Waals surface area contributed by atoms with Crippen LogP contribution in [0.4, 0.5) is 10.7 Å². The second-order valence-electron chi connectivity index (χ2n) is 0.495. The zero-order chi connectivity index (χ0) is 4.50. The first-order valence-electron chi connectivity index (χ1n) is 0.873. The summed E-state index contributed by atoms with van der Waals surface area (Å²) in [6.45, 7) is 0. The van der Waals surface area contributed by atoms with Crippen molar-refractivity contribution in [3.8, 4) is 0 Å². The molecule has 0 unspecified atom stereocenters. The van der Waals surface area contributed by atoms with Crippen LogP contribution in [0.2, 0.25) is 0 Å². The van der Waals surface area contributed by atoms with E-state index >= 15 is 0 Å². The molecule has 0 bridgehead atoms. The molecular formula is F4Sc. The maximum absolute atomic E-state index is 9.89. The first-order valence-corrected chi connectivity index (χ1v) is 3.60. The molecule has 0 rings (SSSR count). The molecule has 0 saturated heterocycles. The van der Waals surface area contributed by atoms with E-state index in [0.717, 1.165) is 0 Å². The van der Waals surface area contributed by atoms with Crippen LogP contribution >= 0.6 is 0 Å². The Kier molecular flexibility index (Phi) is 1.52. The molecule has 0 heterocycles. The van der Waals surface area contributed by atoms with Gasteiger partial charge in [0.15, 0.2) is 0 Å². The summed E-state index contributed by atoms with van der Waals surface area (Å²) in [7, 11) is 0. The van der Waals surface area contributed by atoms with Gasteiger partial charge in [-0.25, -0.2) is 0 Å². The molecule has 0 fully saturated rings. The van der Waals surface area contributed by atoms with E-state index in [1.807, 2.05) is 0 Å². The molecule has 0 aromatic carbocycles. The summed E-state index contributed by atoms with van der Waals surface area (Å²) < 4.78 is 39.6. The van der Waals surface area contributed by atoms with Gasteiger partial charge in [0.1, 0.15) is 0 Å². The van der Waals surface area contributed by atoms with Gasteiger partial charge in [-0.2, -0.15) is 0 Å². The van der Waals surface area contributed by atoms with E-state index in [4.69, 9.17) is 0 Å². The average molecular weight is 121 g/mol. The van der Waals surface area contributed by atoms with Crippen LogP contribution in [0.3, 0.4) is 0 Å². The molecule has 0 aromatic rings. The van der Waals surface area contributed by atoms with E-state index in [0.29, 0.717) is 0 Å². The van der Waals surface area contributed by atoms with Gasteiger partial charge in [-0.3, -0.25) is 0 Å². The van der Waals surface area contributed by atoms with Gasteiger partial charge in [-0.15, -0.1) is 0 Å². The number of hydrogen-bond acceptors (Lipinski definition) is 0. The van der Waals surface area contributed by atoms with E-state index in [9.17, 15) is 10.7 Å². The van der Waals surface area contributed by atoms with Gasteiger partial charge < -0.3 is 0 Å². The van der Waals surface area contributed by atoms with Gasteiger partial charge in [0.05, 0.1) is 0 Å². The summed E-state index contributed by atoms with van der Waals surface area (Å²) >= 11 is -7.12. The molecule has 0 aliphatic heterocycles. The maximum atomic E-state index is 9.89. The Morgan fingerprint density at radius 3 is 0.800 bits per heavy atom. The minimum atomic E-state index is -7.12. The Morgan fingerprint density at radius 2 is 0.800 bits per heavy atom. The standard InChI is InChI=1S/4FH.Sc/h4*1H;/q;;;;+4/p-4. The summed E-state index contributed by atoms with van der Waals surface area (Å²) in [6, 6.07) is 0. The molecule has 0 nitrogen and oxygen atoms in total. The van der Waals surface area contributed by atoms with Crippen LogP contribution in [0, 0.1) is 0 Å². The Bertz CT molecular complexity index is 19.1. The monoisotopic (exact) mass is 121 g/mol. The van der Waals surface area contributed by atoms with Crippen LogP contribution in [0.15, 0.2) is 0 Å². The van der Waals surface area contributed by atoms with Gasteiger partial charge in [0, 0.05) is 0 Å². The Balaban J connectivity index is 3.02. The Hall–Kier alpha value is 0.590. The molecule has 31 valence electrons. The molecule has 0 aromatic heterocycles. The number of rotatable bonds is 0. The van der Waals surface area contributed by atoms with Gasteiger partial charge in [0.25, 0.3) is 0 Å². The van der Waals surface area contributed by atoms with Crippen LogP contribution in [0.1, 0.15) is 0 Å². The first kappa shape index (κ1) is 5.59. The van der Waals surface area contributed by atoms with Crippen molar-refractivity contribution >= 4 is 0 Å². The third-order valence-electron chi connectivity index (χ3n) is 0. The molecule has 0 spiro atoms. The SMILES string of the molecule is [F][Sc]([F])([F])[F]. The van der Waals surface area contributed by atoms with E-state index in [1.165, 1.54) is 0 Å². The molecule has 5 heteroatoms. The first-order chi connectivity index (χ1) is 2.00. The average Bonchev–Trinajstić information content (AvgIpc) is 0.722. The van der Waals surface area contributed by atoms with E-state index in [-0.39, 0.29) is 0 Å². The summed E-state index contributed by atoms with van der Waals surface area (Å²) in [5.74, 6) is 0. The minimum absolute atomic E-state index is 7.12. The molecule has 0 radical (unpaired) electrons. The summed E-state index contributed by atoms with van der Waals surface area (Å²) in [5, 5.41) is 0. The van der Waals surface area contributed by atoms with Crippen LogP contribution in [-0.4, -0.2) is 0 Å². The van der Waals surface area contributed by atoms with Gasteiger partial charge in [-0.05, 0) is 0 Å². The third-order valence-corrected chi connectivity index (χ3v) is 0. The molecule has 0 amide bonds. The fourth-order valence-corrected chi connectivity index (χ4v) is 0. The molecular weight excluding hydrogens is 121 g/mol. The molecule has 0 atom stereocenters. The van der Waals surface area contributed by atoms with Crippen molar-refractivity contribution in [2.75, 3.05) is 0 Å². The van der Waals surface area contributed by atoms with Crippen molar-refractivity contribution in [1.82, 2.24) is 0 Å². The molecule has 0 aliphatic rings. The van der Waals surface area contributed by atoms with Crippen molar-refractivity contribution in [1.29, 1.82) is 0 Å². The van der Waals surface area contributed by atoms with Gasteiger partial charge in [0.2, 0.25) is 0 Å². The topological polar surface area (TPSA) is 0 Å². The van der Waals surface area contributed by atoms with Crippen LogP contribution in [0.25, 0.3) is 0 Å². The number of halogens is 4. The molecule has 0 N–H and O–H groups in total. The second kappa shape index (κ2) is 1.36. The number of hydrogen-bond donors (Lipinski definition) is 0. The second-order valence-corrected chi connectivity index (χ2v) is 2.04. The van der Waals surface area contributed by atoms with Crippen molar-refractivity contribution in [3.05, 3.63) is 0 Å². The Morgan fingerprint density at radius 1 is 0.800 bits per heavy atom. The predicted octanol–water partition coefficient (Wildman–Crippen LogP) is 1.68. The quantitative estimate of drug-likeness (QED) is 0.427. The van der Waals surface area contributed by atoms with E-state index < -0.39 is 22.4 Å². The normalized spacial score (nSPS) is 12.0. The fraction of sp³-hybridized carbons (Fsp3) is 0. The Labute approximate surface area is 33.6 Å². The van der Waals surface area contributed by atoms with Crippen LogP contribution < -0.4 is 0 Å². The fourth-order valence-electron chi connectivity index (χ4n) is 0. The summed E-state index contributed by atoms with van der Waals surface area (Å²) in [6.07, 6.45) is 0. The van der Waals surface area contributed by atoms with Gasteiger partial charge in [-0.1, -0.05) is 0 Å². The molecule has 0 aliphatic carbocycles. The van der Waals surface area contributed by atoms with Crippen molar-refractivity contribution in [3.63, 3.8) is 0 Å². The van der Waals surface area contributed by atoms with Crippen LogP contribution in [0.5, 0.6) is 0 Å². The zero-order valence-corrected chi connectivity index (χ0v) is 3.89. The zero-order valence-electron chi connectivity index (χ0n) is 2.09. The van der Waals surface area contributed by atoms with Crippen molar-refractivity contribution in [2.45, 2.75) is 0 Å². The molecule has 5 heavy (non-hydrogen) atoms. The third kappa shape index (κ3) is 88.4.